The van der Waals surface area contributed by atoms with Crippen molar-refractivity contribution < 1.29 is 14.0 Å². The van der Waals surface area contributed by atoms with Crippen molar-refractivity contribution >= 4 is 28.3 Å². The standard InChI is InChI=1S/C20H24FN3O2S/c1-12(2)19(26)24-10-8-15(9-11-24)18(25)23-20-22-17(13(3)27-20)14-4-6-16(21)7-5-14/h4-7,12,15H,8-11H2,1-3H3,(H,22,23,25). The highest BCUT2D eigenvalue weighted by Crippen LogP contribution is 2.31. The second kappa shape index (κ2) is 8.17. The molecular weight excluding hydrogens is 365 g/mol. The summed E-state index contributed by atoms with van der Waals surface area (Å²) in [5.74, 6) is -0.319. The number of thiazole rings is 1. The molecule has 1 fully saturated rings. The van der Waals surface area contributed by atoms with E-state index < -0.39 is 0 Å². The van der Waals surface area contributed by atoms with E-state index in [1.165, 1.54) is 23.5 Å². The van der Waals surface area contributed by atoms with E-state index in [9.17, 15) is 14.0 Å². The van der Waals surface area contributed by atoms with Gasteiger partial charge in [-0.15, -0.1) is 11.3 Å². The quantitative estimate of drug-likeness (QED) is 0.857. The van der Waals surface area contributed by atoms with Crippen LogP contribution >= 0.6 is 11.3 Å². The molecule has 2 heterocycles. The van der Waals surface area contributed by atoms with Crippen molar-refractivity contribution in [3.8, 4) is 11.3 Å². The fourth-order valence-electron chi connectivity index (χ4n) is 3.26. The third-order valence-corrected chi connectivity index (χ3v) is 5.70. The van der Waals surface area contributed by atoms with Crippen LogP contribution in [0.2, 0.25) is 0 Å². The average molecular weight is 389 g/mol. The van der Waals surface area contributed by atoms with Gasteiger partial charge in [-0.3, -0.25) is 9.59 Å². The monoisotopic (exact) mass is 389 g/mol. The number of carbonyl (C=O) groups excluding carboxylic acids is 2. The number of anilines is 1. The van der Waals surface area contributed by atoms with Crippen LogP contribution in [0.1, 0.15) is 31.6 Å². The van der Waals surface area contributed by atoms with Crippen LogP contribution in [-0.4, -0.2) is 34.8 Å². The van der Waals surface area contributed by atoms with Gasteiger partial charge in [0.1, 0.15) is 5.82 Å². The maximum Gasteiger partial charge on any atom is 0.229 e. The molecule has 3 rings (SSSR count). The van der Waals surface area contributed by atoms with Gasteiger partial charge in [0.15, 0.2) is 5.13 Å². The van der Waals surface area contributed by atoms with Crippen LogP contribution in [0, 0.1) is 24.6 Å². The number of benzene rings is 1. The van der Waals surface area contributed by atoms with Gasteiger partial charge in [0, 0.05) is 35.4 Å². The Balaban J connectivity index is 1.61. The van der Waals surface area contributed by atoms with Gasteiger partial charge in [0.05, 0.1) is 5.69 Å². The molecule has 1 aromatic heterocycles. The fourth-order valence-corrected chi connectivity index (χ4v) is 4.10. The summed E-state index contributed by atoms with van der Waals surface area (Å²) < 4.78 is 13.1. The number of rotatable bonds is 4. The summed E-state index contributed by atoms with van der Waals surface area (Å²) >= 11 is 1.41. The molecule has 7 heteroatoms. The van der Waals surface area contributed by atoms with E-state index in [4.69, 9.17) is 0 Å². The van der Waals surface area contributed by atoms with Gasteiger partial charge in [-0.2, -0.15) is 0 Å². The lowest BCUT2D eigenvalue weighted by Crippen LogP contribution is -2.43. The van der Waals surface area contributed by atoms with E-state index in [1.807, 2.05) is 25.7 Å². The average Bonchev–Trinajstić information content (AvgIpc) is 3.01. The van der Waals surface area contributed by atoms with Gasteiger partial charge in [-0.1, -0.05) is 13.8 Å². The molecule has 1 aliphatic heterocycles. The molecule has 1 aromatic carbocycles. The minimum Gasteiger partial charge on any atom is -0.342 e. The zero-order chi connectivity index (χ0) is 19.6. The van der Waals surface area contributed by atoms with Gasteiger partial charge >= 0.3 is 0 Å². The van der Waals surface area contributed by atoms with Crippen LogP contribution in [-0.2, 0) is 9.59 Å². The van der Waals surface area contributed by atoms with E-state index in [0.29, 0.717) is 31.1 Å². The molecule has 27 heavy (non-hydrogen) atoms. The SMILES string of the molecule is Cc1sc(NC(=O)C2CCN(C(=O)C(C)C)CC2)nc1-c1ccc(F)cc1. The molecule has 144 valence electrons. The first-order valence-electron chi connectivity index (χ1n) is 9.18. The molecule has 1 N–H and O–H groups in total. The molecule has 2 aromatic rings. The zero-order valence-electron chi connectivity index (χ0n) is 15.8. The van der Waals surface area contributed by atoms with Crippen LogP contribution in [0.5, 0.6) is 0 Å². The normalized spacial score (nSPS) is 15.2. The number of halogens is 1. The minimum atomic E-state index is -0.289. The summed E-state index contributed by atoms with van der Waals surface area (Å²) in [5.41, 5.74) is 1.58. The topological polar surface area (TPSA) is 62.3 Å². The summed E-state index contributed by atoms with van der Waals surface area (Å²) in [7, 11) is 0. The third-order valence-electron chi connectivity index (χ3n) is 4.82. The Morgan fingerprint density at radius 2 is 1.85 bits per heavy atom. The van der Waals surface area contributed by atoms with Gasteiger partial charge < -0.3 is 10.2 Å². The molecule has 0 radical (unpaired) electrons. The lowest BCUT2D eigenvalue weighted by atomic mass is 9.95. The molecule has 1 saturated heterocycles. The third kappa shape index (κ3) is 4.53. The smallest absolute Gasteiger partial charge is 0.229 e. The Morgan fingerprint density at radius 1 is 1.22 bits per heavy atom. The minimum absolute atomic E-state index is 0.0152. The van der Waals surface area contributed by atoms with Crippen molar-refractivity contribution in [2.75, 3.05) is 18.4 Å². The molecule has 5 nitrogen and oxygen atoms in total. The molecule has 0 bridgehead atoms. The highest BCUT2D eigenvalue weighted by Gasteiger charge is 2.28. The molecule has 0 aliphatic carbocycles. The van der Waals surface area contributed by atoms with Crippen molar-refractivity contribution in [2.45, 2.75) is 33.6 Å². The molecule has 0 unspecified atom stereocenters. The van der Waals surface area contributed by atoms with Crippen molar-refractivity contribution in [3.05, 3.63) is 35.0 Å². The predicted octanol–water partition coefficient (Wildman–Crippen LogP) is 4.09. The highest BCUT2D eigenvalue weighted by molar-refractivity contribution is 7.16. The Hall–Kier alpha value is -2.28. The number of nitrogens with one attached hydrogen (secondary N) is 1. The number of piperidine rings is 1. The van der Waals surface area contributed by atoms with Gasteiger partial charge in [0.25, 0.3) is 0 Å². The van der Waals surface area contributed by atoms with E-state index in [0.717, 1.165) is 16.1 Å². The van der Waals surface area contributed by atoms with Gasteiger partial charge in [-0.05, 0) is 44.0 Å². The Kier molecular flexibility index (Phi) is 5.89. The summed E-state index contributed by atoms with van der Waals surface area (Å²) in [6.07, 6.45) is 1.33. The maximum atomic E-state index is 13.1. The van der Waals surface area contributed by atoms with Crippen LogP contribution in [0.3, 0.4) is 0 Å². The van der Waals surface area contributed by atoms with Crippen LogP contribution in [0.15, 0.2) is 24.3 Å². The molecule has 0 atom stereocenters. The van der Waals surface area contributed by atoms with Crippen molar-refractivity contribution in [1.82, 2.24) is 9.88 Å². The number of aromatic nitrogens is 1. The Morgan fingerprint density at radius 3 is 2.44 bits per heavy atom. The van der Waals surface area contributed by atoms with E-state index in [-0.39, 0.29) is 29.5 Å². The van der Waals surface area contributed by atoms with E-state index >= 15 is 0 Å². The van der Waals surface area contributed by atoms with Gasteiger partial charge in [-0.25, -0.2) is 9.37 Å². The lowest BCUT2D eigenvalue weighted by Gasteiger charge is -2.32. The number of hydrogen-bond donors (Lipinski definition) is 1. The zero-order valence-corrected chi connectivity index (χ0v) is 16.6. The first-order valence-corrected chi connectivity index (χ1v) is 10.00. The number of likely N-dealkylation sites (tertiary alicyclic amines) is 1. The number of hydrogen-bond acceptors (Lipinski definition) is 4. The lowest BCUT2D eigenvalue weighted by molar-refractivity contribution is -0.137. The van der Waals surface area contributed by atoms with Crippen molar-refractivity contribution in [2.24, 2.45) is 11.8 Å². The number of amides is 2. The van der Waals surface area contributed by atoms with E-state index in [1.54, 1.807) is 12.1 Å². The second-order valence-corrected chi connectivity index (χ2v) is 8.38. The Labute approximate surface area is 162 Å². The van der Waals surface area contributed by atoms with Crippen molar-refractivity contribution in [1.29, 1.82) is 0 Å². The molecular formula is C20H24FN3O2S. The fraction of sp³-hybridized carbons (Fsp3) is 0.450. The first kappa shape index (κ1) is 19.5. The number of nitrogens with zero attached hydrogens (tertiary/aromatic N) is 2. The first-order chi connectivity index (χ1) is 12.8. The summed E-state index contributed by atoms with van der Waals surface area (Å²) in [5, 5.41) is 3.47. The number of carbonyl (C=O) groups is 2. The molecule has 2 amide bonds. The van der Waals surface area contributed by atoms with Gasteiger partial charge in [0.2, 0.25) is 11.8 Å². The van der Waals surface area contributed by atoms with Crippen LogP contribution in [0.4, 0.5) is 9.52 Å². The maximum absolute atomic E-state index is 13.1. The molecule has 0 spiro atoms. The summed E-state index contributed by atoms with van der Waals surface area (Å²) in [4.78, 5) is 32.0. The molecule has 1 aliphatic rings. The van der Waals surface area contributed by atoms with Crippen LogP contribution in [0.25, 0.3) is 11.3 Å². The predicted molar refractivity (Wildman–Crippen MR) is 105 cm³/mol. The number of aryl methyl sites for hydroxylation is 1. The van der Waals surface area contributed by atoms with Crippen LogP contribution < -0.4 is 5.32 Å². The summed E-state index contributed by atoms with van der Waals surface area (Å²) in [6.45, 7) is 6.96. The van der Waals surface area contributed by atoms with E-state index in [2.05, 4.69) is 10.3 Å². The molecule has 0 saturated carbocycles. The summed E-state index contributed by atoms with van der Waals surface area (Å²) in [6, 6.07) is 6.17. The Bertz CT molecular complexity index is 824. The second-order valence-electron chi connectivity index (χ2n) is 7.17. The largest absolute Gasteiger partial charge is 0.342 e. The highest BCUT2D eigenvalue weighted by atomic mass is 32.1. The van der Waals surface area contributed by atoms with Crippen molar-refractivity contribution in [3.63, 3.8) is 0 Å².